The van der Waals surface area contributed by atoms with Gasteiger partial charge in [-0.2, -0.15) is 0 Å². The van der Waals surface area contributed by atoms with E-state index in [0.29, 0.717) is 19.4 Å². The van der Waals surface area contributed by atoms with E-state index in [1.807, 2.05) is 30.3 Å². The molecule has 0 unspecified atom stereocenters. The Hall–Kier alpha value is -2.57. The maximum absolute atomic E-state index is 12.6. The molecule has 0 radical (unpaired) electrons. The second-order valence-electron chi connectivity index (χ2n) is 7.59. The number of benzene rings is 1. The van der Waals surface area contributed by atoms with Gasteiger partial charge in [-0.15, -0.1) is 0 Å². The highest BCUT2D eigenvalue weighted by Gasteiger charge is 2.46. The van der Waals surface area contributed by atoms with Gasteiger partial charge in [-0.1, -0.05) is 30.3 Å². The molecule has 2 aliphatic rings. The van der Waals surface area contributed by atoms with Crippen molar-refractivity contribution in [2.45, 2.75) is 57.4 Å². The molecular weight excluding hydrogens is 336 g/mol. The minimum absolute atomic E-state index is 0.325. The molecule has 0 spiro atoms. The van der Waals surface area contributed by atoms with Crippen LogP contribution in [-0.2, 0) is 19.1 Å². The summed E-state index contributed by atoms with van der Waals surface area (Å²) < 4.78 is 10.8. The summed E-state index contributed by atoms with van der Waals surface area (Å²) in [5.41, 5.74) is 0.237. The third-order valence-corrected chi connectivity index (χ3v) is 4.41. The molecule has 7 nitrogen and oxygen atoms in total. The Morgan fingerprint density at radius 2 is 1.88 bits per heavy atom. The summed E-state index contributed by atoms with van der Waals surface area (Å²) in [7, 11) is 0. The zero-order chi connectivity index (χ0) is 18.9. The van der Waals surface area contributed by atoms with Gasteiger partial charge < -0.3 is 14.8 Å². The first kappa shape index (κ1) is 18.2. The Balaban J connectivity index is 1.65. The molecule has 26 heavy (non-hydrogen) atoms. The van der Waals surface area contributed by atoms with E-state index in [4.69, 9.17) is 9.47 Å². The van der Waals surface area contributed by atoms with Gasteiger partial charge in [0.2, 0.25) is 6.10 Å². The highest BCUT2D eigenvalue weighted by molar-refractivity contribution is 5.92. The number of carbonyl (C=O) groups is 3. The maximum atomic E-state index is 12.6. The second-order valence-corrected chi connectivity index (χ2v) is 7.59. The highest BCUT2D eigenvalue weighted by Crippen LogP contribution is 2.29. The average molecular weight is 360 g/mol. The lowest BCUT2D eigenvalue weighted by atomic mass is 9.94. The molecule has 140 valence electrons. The van der Waals surface area contributed by atoms with Crippen LogP contribution in [0.1, 0.15) is 45.2 Å². The number of esters is 1. The lowest BCUT2D eigenvalue weighted by molar-refractivity contribution is -0.169. The molecule has 3 atom stereocenters. The number of β-lactam (4-membered cyclic amide) rings is 1. The Kier molecular flexibility index (Phi) is 4.89. The molecule has 0 bridgehead atoms. The standard InChI is InChI=1S/C19H24N2O5/c1-19(2,3)26-18(24)21-11-7-10-13(21)17(23)25-15-14(20-16(15)22)12-8-5-4-6-9-12/h4-6,8-9,13-15H,7,10-11H2,1-3H3,(H,20,22)/t13-,14-,15-/m0/s1. The van der Waals surface area contributed by atoms with Gasteiger partial charge in [0.25, 0.3) is 5.91 Å². The topological polar surface area (TPSA) is 84.9 Å². The number of nitrogens with one attached hydrogen (secondary N) is 1. The van der Waals surface area contributed by atoms with Crippen LogP contribution in [0.15, 0.2) is 30.3 Å². The first-order chi connectivity index (χ1) is 12.3. The second kappa shape index (κ2) is 6.97. The lowest BCUT2D eigenvalue weighted by Gasteiger charge is -2.37. The Morgan fingerprint density at radius 3 is 2.50 bits per heavy atom. The molecule has 7 heteroatoms. The predicted molar refractivity (Wildman–Crippen MR) is 93.2 cm³/mol. The van der Waals surface area contributed by atoms with E-state index in [1.165, 1.54) is 4.90 Å². The molecule has 2 amide bonds. The number of likely N-dealkylation sites (tertiary alicyclic amines) is 1. The largest absolute Gasteiger partial charge is 0.448 e. The minimum Gasteiger partial charge on any atom is -0.448 e. The van der Waals surface area contributed by atoms with Crippen LogP contribution >= 0.6 is 0 Å². The fourth-order valence-corrected chi connectivity index (χ4v) is 3.16. The summed E-state index contributed by atoms with van der Waals surface area (Å²) in [6.45, 7) is 5.76. The SMILES string of the molecule is CC(C)(C)OC(=O)N1CCC[C@H]1C(=O)O[C@@H]1C(=O)N[C@H]1c1ccccc1. The van der Waals surface area contributed by atoms with Crippen LogP contribution in [0.25, 0.3) is 0 Å². The summed E-state index contributed by atoms with van der Waals surface area (Å²) in [5.74, 6) is -0.886. The third-order valence-electron chi connectivity index (χ3n) is 4.41. The van der Waals surface area contributed by atoms with Crippen molar-refractivity contribution in [3.05, 3.63) is 35.9 Å². The molecule has 0 aliphatic carbocycles. The van der Waals surface area contributed by atoms with Gasteiger partial charge in [0.15, 0.2) is 0 Å². The van der Waals surface area contributed by atoms with Crippen molar-refractivity contribution in [1.29, 1.82) is 0 Å². The van der Waals surface area contributed by atoms with Crippen molar-refractivity contribution in [1.82, 2.24) is 10.2 Å². The van der Waals surface area contributed by atoms with Crippen molar-refractivity contribution in [2.75, 3.05) is 6.54 Å². The van der Waals surface area contributed by atoms with Crippen LogP contribution in [0.3, 0.4) is 0 Å². The number of hydrogen-bond donors (Lipinski definition) is 1. The molecule has 2 fully saturated rings. The summed E-state index contributed by atoms with van der Waals surface area (Å²) >= 11 is 0. The van der Waals surface area contributed by atoms with E-state index in [1.54, 1.807) is 20.8 Å². The molecule has 2 heterocycles. The molecule has 1 N–H and O–H groups in total. The van der Waals surface area contributed by atoms with Crippen molar-refractivity contribution in [2.24, 2.45) is 0 Å². The predicted octanol–water partition coefficient (Wildman–Crippen LogP) is 2.17. The van der Waals surface area contributed by atoms with Crippen LogP contribution in [0, 0.1) is 0 Å². The van der Waals surface area contributed by atoms with Crippen molar-refractivity contribution < 1.29 is 23.9 Å². The van der Waals surface area contributed by atoms with Crippen LogP contribution in [0.5, 0.6) is 0 Å². The van der Waals surface area contributed by atoms with Gasteiger partial charge in [-0.3, -0.25) is 9.69 Å². The van der Waals surface area contributed by atoms with E-state index in [-0.39, 0.29) is 11.9 Å². The summed E-state index contributed by atoms with van der Waals surface area (Å²) in [6.07, 6.45) is -0.207. The summed E-state index contributed by atoms with van der Waals surface area (Å²) in [6, 6.07) is 8.27. The summed E-state index contributed by atoms with van der Waals surface area (Å²) in [5, 5.41) is 2.75. The van der Waals surface area contributed by atoms with Crippen LogP contribution in [-0.4, -0.2) is 47.2 Å². The first-order valence-electron chi connectivity index (χ1n) is 8.82. The molecule has 0 aromatic heterocycles. The van der Waals surface area contributed by atoms with E-state index >= 15 is 0 Å². The molecule has 2 saturated heterocycles. The zero-order valence-corrected chi connectivity index (χ0v) is 15.2. The Bertz CT molecular complexity index is 698. The third kappa shape index (κ3) is 3.81. The van der Waals surface area contributed by atoms with Gasteiger partial charge in [-0.05, 0) is 39.2 Å². The van der Waals surface area contributed by atoms with Crippen molar-refractivity contribution in [3.8, 4) is 0 Å². The van der Waals surface area contributed by atoms with Crippen LogP contribution in [0.4, 0.5) is 4.79 Å². The van der Waals surface area contributed by atoms with E-state index < -0.39 is 29.8 Å². The Labute approximate surface area is 152 Å². The minimum atomic E-state index is -0.869. The fourth-order valence-electron chi connectivity index (χ4n) is 3.16. The molecule has 0 saturated carbocycles. The molecular formula is C19H24N2O5. The summed E-state index contributed by atoms with van der Waals surface area (Å²) in [4.78, 5) is 38.2. The van der Waals surface area contributed by atoms with Crippen LogP contribution < -0.4 is 5.32 Å². The first-order valence-corrected chi connectivity index (χ1v) is 8.82. The number of ether oxygens (including phenoxy) is 2. The number of rotatable bonds is 3. The molecule has 1 aromatic rings. The Morgan fingerprint density at radius 1 is 1.19 bits per heavy atom. The van der Waals surface area contributed by atoms with Crippen LogP contribution in [0.2, 0.25) is 0 Å². The van der Waals surface area contributed by atoms with Gasteiger partial charge in [-0.25, -0.2) is 9.59 Å². The maximum Gasteiger partial charge on any atom is 0.411 e. The number of hydrogen-bond acceptors (Lipinski definition) is 5. The highest BCUT2D eigenvalue weighted by atomic mass is 16.6. The normalized spacial score (nSPS) is 25.3. The number of nitrogens with zero attached hydrogens (tertiary/aromatic N) is 1. The van der Waals surface area contributed by atoms with Crippen molar-refractivity contribution >= 4 is 18.0 Å². The zero-order valence-electron chi connectivity index (χ0n) is 15.2. The molecule has 1 aromatic carbocycles. The smallest absolute Gasteiger partial charge is 0.411 e. The fraction of sp³-hybridized carbons (Fsp3) is 0.526. The number of amides is 2. The van der Waals surface area contributed by atoms with Gasteiger partial charge in [0, 0.05) is 6.54 Å². The van der Waals surface area contributed by atoms with Gasteiger partial charge in [0.1, 0.15) is 17.7 Å². The quantitative estimate of drug-likeness (QED) is 0.660. The monoisotopic (exact) mass is 360 g/mol. The van der Waals surface area contributed by atoms with Gasteiger partial charge in [0.05, 0.1) is 0 Å². The van der Waals surface area contributed by atoms with Crippen molar-refractivity contribution in [3.63, 3.8) is 0 Å². The van der Waals surface area contributed by atoms with E-state index in [0.717, 1.165) is 5.56 Å². The van der Waals surface area contributed by atoms with E-state index in [2.05, 4.69) is 5.32 Å². The molecule has 2 aliphatic heterocycles. The number of carbonyl (C=O) groups excluding carboxylic acids is 3. The average Bonchev–Trinajstić information content (AvgIpc) is 3.06. The molecule has 3 rings (SSSR count). The van der Waals surface area contributed by atoms with Gasteiger partial charge >= 0.3 is 12.1 Å². The van der Waals surface area contributed by atoms with E-state index in [9.17, 15) is 14.4 Å². The lowest BCUT2D eigenvalue weighted by Crippen LogP contribution is -2.59.